The summed E-state index contributed by atoms with van der Waals surface area (Å²) in [5.41, 5.74) is 2.22. The van der Waals surface area contributed by atoms with Crippen LogP contribution in [0.3, 0.4) is 0 Å². The number of nitrogens with one attached hydrogen (secondary N) is 1. The second-order valence-corrected chi connectivity index (χ2v) is 5.95. The number of rotatable bonds is 6. The minimum Gasteiger partial charge on any atom is -0.306 e. The van der Waals surface area contributed by atoms with Crippen LogP contribution in [0.2, 0.25) is 0 Å². The lowest BCUT2D eigenvalue weighted by Gasteiger charge is -2.12. The molecule has 0 spiro atoms. The third-order valence-corrected chi connectivity index (χ3v) is 4.09. The van der Waals surface area contributed by atoms with Crippen LogP contribution in [0.15, 0.2) is 54.2 Å². The SMILES string of the molecule is C[C@H](Cn1cccn1)NCc1nc(-c2ccccc2)cs1. The minimum atomic E-state index is 0.356. The summed E-state index contributed by atoms with van der Waals surface area (Å²) in [6.07, 6.45) is 3.79. The van der Waals surface area contributed by atoms with Crippen molar-refractivity contribution in [1.82, 2.24) is 20.1 Å². The largest absolute Gasteiger partial charge is 0.306 e. The van der Waals surface area contributed by atoms with Gasteiger partial charge in [0.05, 0.1) is 12.2 Å². The molecule has 1 N–H and O–H groups in total. The van der Waals surface area contributed by atoms with Gasteiger partial charge in [-0.3, -0.25) is 4.68 Å². The summed E-state index contributed by atoms with van der Waals surface area (Å²) in [4.78, 5) is 4.68. The highest BCUT2D eigenvalue weighted by Crippen LogP contribution is 2.21. The smallest absolute Gasteiger partial charge is 0.107 e. The standard InChI is InChI=1S/C16H18N4S/c1-13(11-20-9-5-8-18-20)17-10-16-19-15(12-21-16)14-6-3-2-4-7-14/h2-9,12-13,17H,10-11H2,1H3/t13-/m1/s1. The molecule has 0 radical (unpaired) electrons. The molecular weight excluding hydrogens is 280 g/mol. The van der Waals surface area contributed by atoms with E-state index < -0.39 is 0 Å². The minimum absolute atomic E-state index is 0.356. The highest BCUT2D eigenvalue weighted by atomic mass is 32.1. The molecule has 0 aliphatic carbocycles. The van der Waals surface area contributed by atoms with Crippen LogP contribution in [0, 0.1) is 0 Å². The molecular formula is C16H18N4S. The summed E-state index contributed by atoms with van der Waals surface area (Å²) in [6.45, 7) is 3.82. The molecule has 0 saturated heterocycles. The van der Waals surface area contributed by atoms with Gasteiger partial charge >= 0.3 is 0 Å². The Morgan fingerprint density at radius 1 is 1.24 bits per heavy atom. The fraction of sp³-hybridized carbons (Fsp3) is 0.250. The Balaban J connectivity index is 1.55. The van der Waals surface area contributed by atoms with Gasteiger partial charge in [-0.2, -0.15) is 5.10 Å². The zero-order valence-corrected chi connectivity index (χ0v) is 12.8. The lowest BCUT2D eigenvalue weighted by atomic mass is 10.2. The predicted molar refractivity (Wildman–Crippen MR) is 86.1 cm³/mol. The second kappa shape index (κ2) is 6.65. The molecule has 1 atom stereocenters. The van der Waals surface area contributed by atoms with Crippen molar-refractivity contribution in [2.75, 3.05) is 0 Å². The van der Waals surface area contributed by atoms with E-state index in [1.807, 2.05) is 35.1 Å². The topological polar surface area (TPSA) is 42.7 Å². The molecule has 21 heavy (non-hydrogen) atoms. The Morgan fingerprint density at radius 2 is 2.10 bits per heavy atom. The molecule has 2 aromatic heterocycles. The van der Waals surface area contributed by atoms with Gasteiger partial charge in [0.1, 0.15) is 5.01 Å². The monoisotopic (exact) mass is 298 g/mol. The maximum atomic E-state index is 4.68. The van der Waals surface area contributed by atoms with E-state index in [-0.39, 0.29) is 0 Å². The molecule has 0 saturated carbocycles. The number of hydrogen-bond acceptors (Lipinski definition) is 4. The highest BCUT2D eigenvalue weighted by Gasteiger charge is 2.07. The van der Waals surface area contributed by atoms with Crippen molar-refractivity contribution < 1.29 is 0 Å². The van der Waals surface area contributed by atoms with Crippen molar-refractivity contribution in [2.45, 2.75) is 26.1 Å². The van der Waals surface area contributed by atoms with E-state index in [9.17, 15) is 0 Å². The fourth-order valence-electron chi connectivity index (χ4n) is 2.15. The number of nitrogens with zero attached hydrogens (tertiary/aromatic N) is 3. The second-order valence-electron chi connectivity index (χ2n) is 5.00. The van der Waals surface area contributed by atoms with Crippen molar-refractivity contribution in [2.24, 2.45) is 0 Å². The Hall–Kier alpha value is -1.98. The van der Waals surface area contributed by atoms with Crippen molar-refractivity contribution in [3.8, 4) is 11.3 Å². The van der Waals surface area contributed by atoms with Gasteiger partial charge in [-0.25, -0.2) is 4.98 Å². The van der Waals surface area contributed by atoms with Crippen LogP contribution in [-0.2, 0) is 13.1 Å². The van der Waals surface area contributed by atoms with Gasteiger partial charge in [-0.1, -0.05) is 30.3 Å². The van der Waals surface area contributed by atoms with Crippen LogP contribution in [0.25, 0.3) is 11.3 Å². The van der Waals surface area contributed by atoms with Crippen LogP contribution in [0.4, 0.5) is 0 Å². The molecule has 3 rings (SSSR count). The average Bonchev–Trinajstić information content (AvgIpc) is 3.17. The van der Waals surface area contributed by atoms with Crippen molar-refractivity contribution in [3.05, 3.63) is 59.2 Å². The third-order valence-electron chi connectivity index (χ3n) is 3.24. The maximum absolute atomic E-state index is 4.68. The van der Waals surface area contributed by atoms with E-state index in [2.05, 4.69) is 39.8 Å². The van der Waals surface area contributed by atoms with Crippen molar-refractivity contribution >= 4 is 11.3 Å². The number of benzene rings is 1. The van der Waals surface area contributed by atoms with Crippen molar-refractivity contribution in [1.29, 1.82) is 0 Å². The number of aromatic nitrogens is 3. The van der Waals surface area contributed by atoms with E-state index in [0.717, 1.165) is 23.8 Å². The molecule has 5 heteroatoms. The van der Waals surface area contributed by atoms with Crippen LogP contribution in [-0.4, -0.2) is 20.8 Å². The molecule has 0 aliphatic rings. The van der Waals surface area contributed by atoms with Gasteiger partial charge in [0.2, 0.25) is 0 Å². The third kappa shape index (κ3) is 3.77. The van der Waals surface area contributed by atoms with Crippen LogP contribution in [0.1, 0.15) is 11.9 Å². The van der Waals surface area contributed by atoms with E-state index >= 15 is 0 Å². The van der Waals surface area contributed by atoms with Gasteiger partial charge in [0.25, 0.3) is 0 Å². The summed E-state index contributed by atoms with van der Waals surface area (Å²) in [5, 5.41) is 10.9. The first-order chi connectivity index (χ1) is 10.3. The van der Waals surface area contributed by atoms with E-state index in [4.69, 9.17) is 0 Å². The molecule has 2 heterocycles. The van der Waals surface area contributed by atoms with E-state index in [1.165, 1.54) is 5.56 Å². The van der Waals surface area contributed by atoms with Crippen LogP contribution >= 0.6 is 11.3 Å². The molecule has 108 valence electrons. The first kappa shape index (κ1) is 14.0. The lowest BCUT2D eigenvalue weighted by molar-refractivity contribution is 0.450. The van der Waals surface area contributed by atoms with Gasteiger partial charge in [0, 0.05) is 35.9 Å². The maximum Gasteiger partial charge on any atom is 0.107 e. The average molecular weight is 298 g/mol. The van der Waals surface area contributed by atoms with E-state index in [1.54, 1.807) is 17.5 Å². The van der Waals surface area contributed by atoms with Gasteiger partial charge in [0.15, 0.2) is 0 Å². The Labute approximate surface area is 128 Å². The molecule has 0 fully saturated rings. The van der Waals surface area contributed by atoms with Gasteiger partial charge < -0.3 is 5.32 Å². The van der Waals surface area contributed by atoms with Gasteiger partial charge in [-0.05, 0) is 13.0 Å². The van der Waals surface area contributed by atoms with E-state index in [0.29, 0.717) is 6.04 Å². The molecule has 0 bridgehead atoms. The molecule has 4 nitrogen and oxygen atoms in total. The quantitative estimate of drug-likeness (QED) is 0.760. The summed E-state index contributed by atoms with van der Waals surface area (Å²) in [6, 6.07) is 12.6. The predicted octanol–water partition coefficient (Wildman–Crippen LogP) is 3.18. The fourth-order valence-corrected chi connectivity index (χ4v) is 2.90. The molecule has 0 aliphatic heterocycles. The summed E-state index contributed by atoms with van der Waals surface area (Å²) >= 11 is 1.70. The lowest BCUT2D eigenvalue weighted by Crippen LogP contribution is -2.30. The molecule has 1 aromatic carbocycles. The summed E-state index contributed by atoms with van der Waals surface area (Å²) < 4.78 is 1.94. The highest BCUT2D eigenvalue weighted by molar-refractivity contribution is 7.09. The zero-order valence-electron chi connectivity index (χ0n) is 11.9. The van der Waals surface area contributed by atoms with Gasteiger partial charge in [-0.15, -0.1) is 11.3 Å². The number of hydrogen-bond donors (Lipinski definition) is 1. The summed E-state index contributed by atoms with van der Waals surface area (Å²) in [5.74, 6) is 0. The molecule has 0 amide bonds. The molecule has 3 aromatic rings. The zero-order chi connectivity index (χ0) is 14.5. The first-order valence-corrected chi connectivity index (χ1v) is 7.90. The Kier molecular flexibility index (Phi) is 4.43. The number of thiazole rings is 1. The van der Waals surface area contributed by atoms with Crippen molar-refractivity contribution in [3.63, 3.8) is 0 Å². The summed E-state index contributed by atoms with van der Waals surface area (Å²) in [7, 11) is 0. The molecule has 0 unspecified atom stereocenters. The van der Waals surface area contributed by atoms with Crippen LogP contribution in [0.5, 0.6) is 0 Å². The normalized spacial score (nSPS) is 12.4. The van der Waals surface area contributed by atoms with Crippen LogP contribution < -0.4 is 5.32 Å². The Morgan fingerprint density at radius 3 is 2.86 bits per heavy atom. The first-order valence-electron chi connectivity index (χ1n) is 7.02. The Bertz CT molecular complexity index is 661.